The van der Waals surface area contributed by atoms with Crippen molar-refractivity contribution < 1.29 is 9.59 Å². The zero-order valence-electron chi connectivity index (χ0n) is 29.2. The maximum atomic E-state index is 13.3. The van der Waals surface area contributed by atoms with Crippen LogP contribution in [0, 0.1) is 0 Å². The van der Waals surface area contributed by atoms with Crippen molar-refractivity contribution in [3.05, 3.63) is 117 Å². The molecule has 3 aromatic heterocycles. The second kappa shape index (κ2) is 14.8. The quantitative estimate of drug-likeness (QED) is 0.125. The van der Waals surface area contributed by atoms with Gasteiger partial charge in [0.05, 0.1) is 10.0 Å². The summed E-state index contributed by atoms with van der Waals surface area (Å²) in [4.78, 5) is 40.9. The molecule has 2 saturated heterocycles. The van der Waals surface area contributed by atoms with Crippen LogP contribution >= 0.6 is 23.2 Å². The molecule has 10 nitrogen and oxygen atoms in total. The number of aromatic nitrogens is 3. The molecule has 6 aromatic rings. The number of hydrogen-bond acceptors (Lipinski definition) is 6. The van der Waals surface area contributed by atoms with E-state index in [0.717, 1.165) is 63.7 Å². The number of hydrogen-bond donors (Lipinski definition) is 4. The summed E-state index contributed by atoms with van der Waals surface area (Å²) in [7, 11) is 2.05. The van der Waals surface area contributed by atoms with Gasteiger partial charge in [-0.25, -0.2) is 4.98 Å². The van der Waals surface area contributed by atoms with Crippen LogP contribution in [0.4, 0.5) is 0 Å². The fraction of sp³-hybridized carbons (Fsp3) is 0.268. The van der Waals surface area contributed by atoms with Gasteiger partial charge in [-0.2, -0.15) is 0 Å². The first-order chi connectivity index (χ1) is 25.7. The SMILES string of the molecule is Cn1cc(CNC[C@@H]2CCC(=O)N2)c2ccc(-c3cccc(-c4cccc(-c5ccn6c(=O)c(CNC[C@@H]7CCC(=O)N7)cnc6c5)c4Cl)c3Cl)cc21. The third-order valence-electron chi connectivity index (χ3n) is 10.3. The van der Waals surface area contributed by atoms with Crippen molar-refractivity contribution in [1.29, 1.82) is 0 Å². The maximum absolute atomic E-state index is 13.3. The molecule has 270 valence electrons. The van der Waals surface area contributed by atoms with Crippen molar-refractivity contribution in [2.45, 2.75) is 50.9 Å². The Morgan fingerprint density at radius 3 is 1.94 bits per heavy atom. The van der Waals surface area contributed by atoms with Crippen LogP contribution in [0.25, 0.3) is 49.9 Å². The Bertz CT molecular complexity index is 2460. The van der Waals surface area contributed by atoms with E-state index >= 15 is 0 Å². The molecule has 0 radical (unpaired) electrons. The van der Waals surface area contributed by atoms with Gasteiger partial charge in [0.1, 0.15) is 5.65 Å². The van der Waals surface area contributed by atoms with E-state index in [1.165, 1.54) is 9.96 Å². The first-order valence-corrected chi connectivity index (χ1v) is 18.7. The van der Waals surface area contributed by atoms with E-state index < -0.39 is 0 Å². The predicted octanol–water partition coefficient (Wildman–Crippen LogP) is 6.23. The molecule has 0 aliphatic carbocycles. The molecule has 53 heavy (non-hydrogen) atoms. The summed E-state index contributed by atoms with van der Waals surface area (Å²) in [5.41, 5.74) is 8.34. The van der Waals surface area contributed by atoms with Crippen molar-refractivity contribution >= 4 is 51.6 Å². The summed E-state index contributed by atoms with van der Waals surface area (Å²) in [6.45, 7) is 2.41. The average molecular weight is 749 g/mol. The molecule has 0 saturated carbocycles. The zero-order valence-corrected chi connectivity index (χ0v) is 30.7. The smallest absolute Gasteiger partial charge is 0.262 e. The standard InChI is InChI=1S/C41H39Cl2N7O3/c1-49-23-27(19-45-22-29-10-13-38(52)48-29)30-11-8-24(16-35(30)49)31-4-2-6-33(39(31)42)34-7-3-5-32(40(34)43)25-14-15-50-36(17-25)46-20-26(41(50)53)18-44-21-28-9-12-37(51)47-28/h2-8,11,14-17,20,23,28-29,44-45H,9-10,12-13,18-19,21-22H2,1H3,(H,47,51)(H,48,52)/t28-,29-/m0/s1. The summed E-state index contributed by atoms with van der Waals surface area (Å²) >= 11 is 14.4. The second-order valence-corrected chi connectivity index (χ2v) is 14.7. The fourth-order valence-electron chi connectivity index (χ4n) is 7.53. The number of pyridine rings is 1. The van der Waals surface area contributed by atoms with Crippen LogP contribution < -0.4 is 26.8 Å². The molecule has 0 bridgehead atoms. The first-order valence-electron chi connectivity index (χ1n) is 17.9. The Kier molecular flexibility index (Phi) is 9.78. The monoisotopic (exact) mass is 747 g/mol. The molecule has 4 N–H and O–H groups in total. The highest BCUT2D eigenvalue weighted by molar-refractivity contribution is 6.39. The van der Waals surface area contributed by atoms with Gasteiger partial charge < -0.3 is 25.8 Å². The largest absolute Gasteiger partial charge is 0.352 e. The number of rotatable bonds is 11. The fourth-order valence-corrected chi connectivity index (χ4v) is 8.20. The molecule has 2 amide bonds. The molecule has 0 unspecified atom stereocenters. The normalized spacial score (nSPS) is 17.2. The molecular weight excluding hydrogens is 709 g/mol. The van der Waals surface area contributed by atoms with E-state index in [9.17, 15) is 14.4 Å². The third-order valence-corrected chi connectivity index (χ3v) is 11.2. The molecule has 2 atom stereocenters. The van der Waals surface area contributed by atoms with Crippen LogP contribution in [-0.4, -0.2) is 50.9 Å². The summed E-state index contributed by atoms with van der Waals surface area (Å²) in [5, 5.41) is 15.0. The minimum Gasteiger partial charge on any atom is -0.352 e. The van der Waals surface area contributed by atoms with E-state index in [2.05, 4.69) is 55.2 Å². The lowest BCUT2D eigenvalue weighted by Gasteiger charge is -2.15. The van der Waals surface area contributed by atoms with Gasteiger partial charge in [0.15, 0.2) is 0 Å². The van der Waals surface area contributed by atoms with Gasteiger partial charge in [-0.3, -0.25) is 18.8 Å². The van der Waals surface area contributed by atoms with E-state index in [1.54, 1.807) is 12.4 Å². The maximum Gasteiger partial charge on any atom is 0.262 e. The average Bonchev–Trinajstić information content (AvgIpc) is 3.87. The lowest BCUT2D eigenvalue weighted by molar-refractivity contribution is -0.120. The lowest BCUT2D eigenvalue weighted by Crippen LogP contribution is -2.36. The first kappa shape index (κ1) is 35.1. The number of benzene rings is 3. The van der Waals surface area contributed by atoms with Gasteiger partial charge in [-0.05, 0) is 47.7 Å². The second-order valence-electron chi connectivity index (χ2n) is 13.9. The zero-order chi connectivity index (χ0) is 36.6. The Morgan fingerprint density at radius 2 is 1.34 bits per heavy atom. The summed E-state index contributed by atoms with van der Waals surface area (Å²) < 4.78 is 3.67. The number of amides is 2. The number of carbonyl (C=O) groups excluding carboxylic acids is 2. The van der Waals surface area contributed by atoms with Crippen LogP contribution in [0.2, 0.25) is 10.0 Å². The van der Waals surface area contributed by atoms with Gasteiger partial charge in [0.2, 0.25) is 11.8 Å². The number of fused-ring (bicyclic) bond motifs is 2. The van der Waals surface area contributed by atoms with Gasteiger partial charge in [0.25, 0.3) is 5.56 Å². The highest BCUT2D eigenvalue weighted by Crippen LogP contribution is 2.43. The topological polar surface area (TPSA) is 122 Å². The highest BCUT2D eigenvalue weighted by Gasteiger charge is 2.22. The van der Waals surface area contributed by atoms with Crippen LogP contribution in [0.5, 0.6) is 0 Å². The molecule has 2 aliphatic rings. The molecule has 3 aromatic carbocycles. The number of halogens is 2. The number of aryl methyl sites for hydroxylation is 1. The minimum atomic E-state index is -0.148. The molecule has 0 spiro atoms. The Balaban J connectivity index is 1.03. The van der Waals surface area contributed by atoms with Crippen molar-refractivity contribution in [2.24, 2.45) is 7.05 Å². The third kappa shape index (κ3) is 7.07. The molecule has 2 aliphatic heterocycles. The summed E-state index contributed by atoms with van der Waals surface area (Å²) in [6, 6.07) is 22.3. The van der Waals surface area contributed by atoms with Gasteiger partial charge in [-0.15, -0.1) is 0 Å². The van der Waals surface area contributed by atoms with E-state index in [0.29, 0.717) is 53.7 Å². The molecule has 12 heteroatoms. The molecule has 8 rings (SSSR count). The predicted molar refractivity (Wildman–Crippen MR) is 210 cm³/mol. The molecule has 5 heterocycles. The van der Waals surface area contributed by atoms with E-state index in [-0.39, 0.29) is 29.5 Å². The molecule has 2 fully saturated rings. The number of nitrogens with zero attached hydrogens (tertiary/aromatic N) is 3. The van der Waals surface area contributed by atoms with Crippen LogP contribution in [0.1, 0.15) is 36.8 Å². The highest BCUT2D eigenvalue weighted by atomic mass is 35.5. The van der Waals surface area contributed by atoms with Gasteiger partial charge >= 0.3 is 0 Å². The Hall–Kier alpha value is -5.00. The van der Waals surface area contributed by atoms with Crippen LogP contribution in [-0.2, 0) is 29.7 Å². The van der Waals surface area contributed by atoms with Gasteiger partial charge in [0, 0.05) is 115 Å². The van der Waals surface area contributed by atoms with Crippen molar-refractivity contribution in [1.82, 2.24) is 35.2 Å². The summed E-state index contributed by atoms with van der Waals surface area (Å²) in [5.74, 6) is 0.193. The van der Waals surface area contributed by atoms with Crippen molar-refractivity contribution in [3.8, 4) is 33.4 Å². The minimum absolute atomic E-state index is 0.0662. The Labute approximate surface area is 316 Å². The summed E-state index contributed by atoms with van der Waals surface area (Å²) in [6.07, 6.45) is 8.28. The number of carbonyl (C=O) groups is 2. The van der Waals surface area contributed by atoms with Crippen LogP contribution in [0.3, 0.4) is 0 Å². The van der Waals surface area contributed by atoms with Crippen LogP contribution in [0.15, 0.2) is 90.1 Å². The lowest BCUT2D eigenvalue weighted by atomic mass is 9.95. The van der Waals surface area contributed by atoms with Crippen molar-refractivity contribution in [2.75, 3.05) is 13.1 Å². The van der Waals surface area contributed by atoms with Gasteiger partial charge in [-0.1, -0.05) is 71.7 Å². The number of nitrogens with one attached hydrogen (secondary N) is 4. The van der Waals surface area contributed by atoms with E-state index in [1.807, 2.05) is 55.6 Å². The molecular formula is C41H39Cl2N7O3. The van der Waals surface area contributed by atoms with Crippen molar-refractivity contribution in [3.63, 3.8) is 0 Å². The Morgan fingerprint density at radius 1 is 0.755 bits per heavy atom. The van der Waals surface area contributed by atoms with E-state index in [4.69, 9.17) is 23.2 Å².